The molecule has 1 N–H and O–H groups in total. The van der Waals surface area contributed by atoms with E-state index in [0.29, 0.717) is 24.9 Å². The molecule has 1 aromatic carbocycles. The Bertz CT molecular complexity index is 1090. The first kappa shape index (κ1) is 26.6. The van der Waals surface area contributed by atoms with Crippen molar-refractivity contribution < 1.29 is 23.5 Å². The van der Waals surface area contributed by atoms with E-state index in [4.69, 9.17) is 9.47 Å². The fraction of sp³-hybridized carbons (Fsp3) is 0.538. The third-order valence-electron chi connectivity index (χ3n) is 6.28. The number of hydrogen-bond donors (Lipinski definition) is 1. The van der Waals surface area contributed by atoms with E-state index in [2.05, 4.69) is 44.5 Å². The minimum absolute atomic E-state index is 0.00424. The van der Waals surface area contributed by atoms with Gasteiger partial charge in [0.2, 0.25) is 5.95 Å². The normalized spacial score (nSPS) is 19.5. The topological polar surface area (TPSA) is 100 Å². The monoisotopic (exact) mass is 514 g/mol. The van der Waals surface area contributed by atoms with Crippen LogP contribution in [-0.2, 0) is 16.0 Å². The molecule has 2 amide bonds. The summed E-state index contributed by atoms with van der Waals surface area (Å²) in [5.74, 6) is 0.645. The number of aromatic nitrogens is 2. The van der Waals surface area contributed by atoms with Gasteiger partial charge >= 0.3 is 12.2 Å². The van der Waals surface area contributed by atoms with Gasteiger partial charge in [-0.25, -0.2) is 19.0 Å². The molecule has 0 unspecified atom stereocenters. The molecule has 0 bridgehead atoms. The van der Waals surface area contributed by atoms with E-state index in [1.807, 2.05) is 27.7 Å². The van der Waals surface area contributed by atoms with E-state index >= 15 is 0 Å². The molecule has 37 heavy (non-hydrogen) atoms. The fourth-order valence-electron chi connectivity index (χ4n) is 4.27. The van der Waals surface area contributed by atoms with Crippen molar-refractivity contribution >= 4 is 24.0 Å². The maximum Gasteiger partial charge on any atom is 0.416 e. The van der Waals surface area contributed by atoms with Gasteiger partial charge in [0.1, 0.15) is 30.7 Å². The number of piperazine rings is 1. The van der Waals surface area contributed by atoms with Crippen LogP contribution in [0.3, 0.4) is 0 Å². The number of alkyl halides is 1. The Balaban J connectivity index is 1.30. The van der Waals surface area contributed by atoms with Crippen molar-refractivity contribution in [3.8, 4) is 0 Å². The Labute approximate surface area is 216 Å². The molecule has 3 heterocycles. The number of ether oxygens (including phenoxy) is 2. The van der Waals surface area contributed by atoms with E-state index in [0.717, 1.165) is 25.2 Å². The Kier molecular flexibility index (Phi) is 8.11. The molecule has 4 rings (SSSR count). The molecule has 2 fully saturated rings. The van der Waals surface area contributed by atoms with Gasteiger partial charge in [0, 0.05) is 38.9 Å². The Morgan fingerprint density at radius 3 is 2.54 bits per heavy atom. The summed E-state index contributed by atoms with van der Waals surface area (Å²) < 4.78 is 23.7. The number of amides is 2. The van der Waals surface area contributed by atoms with Crippen LogP contribution in [0.5, 0.6) is 0 Å². The van der Waals surface area contributed by atoms with Crippen LogP contribution in [-0.4, -0.2) is 83.1 Å². The number of benzene rings is 1. The number of carbonyl (C=O) groups excluding carboxylic acids is 2. The highest BCUT2D eigenvalue weighted by Gasteiger charge is 2.35. The lowest BCUT2D eigenvalue weighted by molar-refractivity contribution is 0.0139. The number of nitrogens with zero attached hydrogens (tertiary/aromatic N) is 5. The summed E-state index contributed by atoms with van der Waals surface area (Å²) >= 11 is 0. The third-order valence-corrected chi connectivity index (χ3v) is 6.28. The molecule has 1 aromatic heterocycles. The lowest BCUT2D eigenvalue weighted by Gasteiger charge is -2.35. The molecule has 2 atom stereocenters. The van der Waals surface area contributed by atoms with Crippen molar-refractivity contribution in [2.24, 2.45) is 0 Å². The van der Waals surface area contributed by atoms with E-state index in [9.17, 15) is 14.0 Å². The molecular weight excluding hydrogens is 479 g/mol. The first-order chi connectivity index (χ1) is 17.6. The average molecular weight is 515 g/mol. The summed E-state index contributed by atoms with van der Waals surface area (Å²) in [5, 5.41) is 3.25. The zero-order valence-corrected chi connectivity index (χ0v) is 21.8. The highest BCUT2D eigenvalue weighted by Crippen LogP contribution is 2.24. The molecule has 2 saturated heterocycles. The Morgan fingerprint density at radius 1 is 1.19 bits per heavy atom. The molecule has 11 heteroatoms. The number of carbonyl (C=O) groups is 2. The maximum absolute atomic E-state index is 13.3. The van der Waals surface area contributed by atoms with E-state index in [1.54, 1.807) is 11.0 Å². The molecule has 2 aliphatic rings. The molecule has 0 radical (unpaired) electrons. The predicted octanol–water partition coefficient (Wildman–Crippen LogP) is 4.00. The van der Waals surface area contributed by atoms with Crippen LogP contribution >= 0.6 is 0 Å². The average Bonchev–Trinajstić information content (AvgIpc) is 3.24. The summed E-state index contributed by atoms with van der Waals surface area (Å²) in [6.45, 7) is 10.6. The molecule has 0 aliphatic carbocycles. The van der Waals surface area contributed by atoms with Crippen molar-refractivity contribution in [3.05, 3.63) is 47.7 Å². The molecule has 200 valence electrons. The molecule has 10 nitrogen and oxygen atoms in total. The van der Waals surface area contributed by atoms with Gasteiger partial charge in [0.05, 0.1) is 6.04 Å². The van der Waals surface area contributed by atoms with Gasteiger partial charge in [0.25, 0.3) is 0 Å². The van der Waals surface area contributed by atoms with Crippen LogP contribution in [0.25, 0.3) is 0 Å². The molecular formula is C26H35FN6O4. The summed E-state index contributed by atoms with van der Waals surface area (Å²) in [6, 6.07) is 9.10. The summed E-state index contributed by atoms with van der Waals surface area (Å²) in [6.07, 6.45) is 0.668. The van der Waals surface area contributed by atoms with Crippen LogP contribution in [0.4, 0.5) is 25.7 Å². The van der Waals surface area contributed by atoms with Crippen molar-refractivity contribution in [2.45, 2.75) is 51.9 Å². The zero-order chi connectivity index (χ0) is 26.6. The van der Waals surface area contributed by atoms with Crippen LogP contribution in [0.2, 0.25) is 0 Å². The highest BCUT2D eigenvalue weighted by atomic mass is 19.1. The highest BCUT2D eigenvalue weighted by molar-refractivity contribution is 5.89. The van der Waals surface area contributed by atoms with E-state index in [1.165, 1.54) is 16.7 Å². The van der Waals surface area contributed by atoms with Gasteiger partial charge < -0.3 is 19.7 Å². The molecule has 2 aromatic rings. The van der Waals surface area contributed by atoms with Crippen LogP contribution < -0.4 is 10.2 Å². The van der Waals surface area contributed by atoms with Crippen molar-refractivity contribution in [2.75, 3.05) is 49.7 Å². The van der Waals surface area contributed by atoms with Gasteiger partial charge in [-0.05, 0) is 44.9 Å². The van der Waals surface area contributed by atoms with Crippen LogP contribution in [0.1, 0.15) is 44.9 Å². The van der Waals surface area contributed by atoms with Gasteiger partial charge in [-0.2, -0.15) is 4.98 Å². The Morgan fingerprint density at radius 2 is 1.89 bits per heavy atom. The second-order valence-corrected chi connectivity index (χ2v) is 10.3. The number of halogens is 1. The lowest BCUT2D eigenvalue weighted by Crippen LogP contribution is -2.49. The van der Waals surface area contributed by atoms with Crippen molar-refractivity contribution in [3.63, 3.8) is 0 Å². The van der Waals surface area contributed by atoms with Gasteiger partial charge in [-0.3, -0.25) is 9.80 Å². The third kappa shape index (κ3) is 6.85. The fourth-order valence-corrected chi connectivity index (χ4v) is 4.27. The molecule has 0 saturated carbocycles. The number of anilines is 2. The van der Waals surface area contributed by atoms with Gasteiger partial charge in [0.15, 0.2) is 0 Å². The number of rotatable bonds is 7. The van der Waals surface area contributed by atoms with Gasteiger partial charge in [-0.1, -0.05) is 24.3 Å². The summed E-state index contributed by atoms with van der Waals surface area (Å²) in [5.41, 5.74) is 1.75. The van der Waals surface area contributed by atoms with Crippen LogP contribution in [0, 0.1) is 0 Å². The van der Waals surface area contributed by atoms with Gasteiger partial charge in [-0.15, -0.1) is 0 Å². The minimum atomic E-state index is -0.708. The largest absolute Gasteiger partial charge is 0.447 e. The van der Waals surface area contributed by atoms with E-state index < -0.39 is 24.4 Å². The summed E-state index contributed by atoms with van der Waals surface area (Å²) in [7, 11) is 0. The quantitative estimate of drug-likeness (QED) is 0.592. The maximum atomic E-state index is 13.3. The summed E-state index contributed by atoms with van der Waals surface area (Å²) in [4.78, 5) is 38.2. The smallest absolute Gasteiger partial charge is 0.416 e. The first-order valence-corrected chi connectivity index (χ1v) is 12.5. The minimum Gasteiger partial charge on any atom is -0.447 e. The molecule has 0 spiro atoms. The van der Waals surface area contributed by atoms with Crippen molar-refractivity contribution in [1.29, 1.82) is 0 Å². The van der Waals surface area contributed by atoms with Crippen LogP contribution in [0.15, 0.2) is 36.5 Å². The first-order valence-electron chi connectivity index (χ1n) is 12.5. The lowest BCUT2D eigenvalue weighted by atomic mass is 10.1. The van der Waals surface area contributed by atoms with E-state index in [-0.39, 0.29) is 18.7 Å². The standard InChI is InChI=1S/C26H35FN6O4/c1-18(29-23-28-10-9-22(30-23)33-21(15-27)17-36-25(33)35)20-7-5-19(6-8-20)16-31-11-13-32(14-12-31)24(34)37-26(2,3)4/h5-10,18,21H,11-17H2,1-4H3,(H,28,29,30)/t18-,21-/m0/s1. The SMILES string of the molecule is C[C@H](Nc1nccc(N2C(=O)OC[C@@H]2CF)n1)c1ccc(CN2CCN(C(=O)OC(C)(C)C)CC2)cc1. The number of hydrogen-bond acceptors (Lipinski definition) is 8. The number of nitrogens with one attached hydrogen (secondary N) is 1. The zero-order valence-electron chi connectivity index (χ0n) is 21.8. The predicted molar refractivity (Wildman–Crippen MR) is 137 cm³/mol. The second kappa shape index (κ2) is 11.3. The molecule has 2 aliphatic heterocycles. The number of cyclic esters (lactones) is 1. The second-order valence-electron chi connectivity index (χ2n) is 10.3. The van der Waals surface area contributed by atoms with Crippen molar-refractivity contribution in [1.82, 2.24) is 19.8 Å². The Hall–Kier alpha value is -3.47.